The first-order chi connectivity index (χ1) is 11.6. The molecule has 0 saturated carbocycles. The third-order valence-corrected chi connectivity index (χ3v) is 4.41. The quantitative estimate of drug-likeness (QED) is 0.843. The summed E-state index contributed by atoms with van der Waals surface area (Å²) in [6.45, 7) is 0.840. The molecule has 1 aliphatic rings. The van der Waals surface area contributed by atoms with Crippen LogP contribution in [0.25, 0.3) is 5.69 Å². The van der Waals surface area contributed by atoms with Gasteiger partial charge < -0.3 is 15.2 Å². The van der Waals surface area contributed by atoms with Crippen molar-refractivity contribution in [1.82, 2.24) is 20.0 Å². The minimum absolute atomic E-state index is 0.0364. The van der Waals surface area contributed by atoms with Crippen LogP contribution in [-0.2, 0) is 0 Å². The van der Waals surface area contributed by atoms with Gasteiger partial charge in [-0.1, -0.05) is 12.1 Å². The number of aromatic nitrogens is 2. The first-order valence-corrected chi connectivity index (χ1v) is 7.92. The lowest BCUT2D eigenvalue weighted by atomic mass is 10.1. The van der Waals surface area contributed by atoms with Crippen molar-refractivity contribution >= 4 is 5.91 Å². The summed E-state index contributed by atoms with van der Waals surface area (Å²) in [7, 11) is 3.55. The lowest BCUT2D eigenvalue weighted by molar-refractivity contribution is 0.0938. The van der Waals surface area contributed by atoms with Gasteiger partial charge >= 0.3 is 0 Å². The van der Waals surface area contributed by atoms with Gasteiger partial charge in [-0.2, -0.15) is 5.10 Å². The van der Waals surface area contributed by atoms with Gasteiger partial charge in [0, 0.05) is 24.8 Å². The van der Waals surface area contributed by atoms with Crippen molar-refractivity contribution in [3.05, 3.63) is 42.2 Å². The molecular weight excluding hydrogens is 308 g/mol. The first kappa shape index (κ1) is 16.5. The van der Waals surface area contributed by atoms with E-state index < -0.39 is 0 Å². The number of aliphatic hydroxyl groups is 1. The molecule has 2 aromatic rings. The van der Waals surface area contributed by atoms with Gasteiger partial charge in [0.15, 0.2) is 0 Å². The summed E-state index contributed by atoms with van der Waals surface area (Å²) in [6, 6.07) is 7.64. The van der Waals surface area contributed by atoms with Gasteiger partial charge in [0.25, 0.3) is 5.91 Å². The molecule has 1 saturated heterocycles. The number of para-hydroxylation sites is 2. The normalized spacial score (nSPS) is 21.0. The topological polar surface area (TPSA) is 79.6 Å². The Balaban J connectivity index is 1.70. The molecule has 7 nitrogen and oxygen atoms in total. The molecular formula is C17H22N4O3. The predicted octanol–water partition coefficient (Wildman–Crippen LogP) is 0.676. The number of methoxy groups -OCH3 is 1. The van der Waals surface area contributed by atoms with Crippen LogP contribution in [0.15, 0.2) is 36.7 Å². The molecule has 2 heterocycles. The molecule has 2 N–H and O–H groups in total. The average molecular weight is 330 g/mol. The predicted molar refractivity (Wildman–Crippen MR) is 89.5 cm³/mol. The highest BCUT2D eigenvalue weighted by Gasteiger charge is 2.30. The third kappa shape index (κ3) is 3.27. The van der Waals surface area contributed by atoms with Crippen LogP contribution in [-0.4, -0.2) is 65.1 Å². The molecule has 1 aromatic heterocycles. The number of hydrogen-bond acceptors (Lipinski definition) is 5. The van der Waals surface area contributed by atoms with E-state index in [1.165, 1.54) is 0 Å². The van der Waals surface area contributed by atoms with E-state index in [1.54, 1.807) is 24.2 Å². The molecule has 0 bridgehead atoms. The summed E-state index contributed by atoms with van der Waals surface area (Å²) in [5, 5.41) is 16.6. The zero-order chi connectivity index (χ0) is 17.1. The van der Waals surface area contributed by atoms with Crippen LogP contribution in [0.2, 0.25) is 0 Å². The average Bonchev–Trinajstić information content (AvgIpc) is 3.21. The summed E-state index contributed by atoms with van der Waals surface area (Å²) < 4.78 is 6.95. The second-order valence-electron chi connectivity index (χ2n) is 6.03. The fourth-order valence-corrected chi connectivity index (χ4v) is 3.06. The molecule has 3 rings (SSSR count). The zero-order valence-corrected chi connectivity index (χ0v) is 13.8. The van der Waals surface area contributed by atoms with Gasteiger partial charge in [0.1, 0.15) is 11.4 Å². The Morgan fingerprint density at radius 1 is 1.46 bits per heavy atom. The Kier molecular flexibility index (Phi) is 4.82. The first-order valence-electron chi connectivity index (χ1n) is 7.92. The minimum atomic E-state index is -0.159. The summed E-state index contributed by atoms with van der Waals surface area (Å²) in [4.78, 5) is 14.5. The fraction of sp³-hybridized carbons (Fsp3) is 0.412. The van der Waals surface area contributed by atoms with E-state index in [9.17, 15) is 9.90 Å². The lowest BCUT2D eigenvalue weighted by Crippen LogP contribution is -2.36. The number of carbonyl (C=O) groups is 1. The van der Waals surface area contributed by atoms with Crippen LogP contribution in [0, 0.1) is 0 Å². The highest BCUT2D eigenvalue weighted by molar-refractivity contribution is 5.94. The monoisotopic (exact) mass is 330 g/mol. The van der Waals surface area contributed by atoms with Crippen LogP contribution in [0.1, 0.15) is 16.8 Å². The molecule has 7 heteroatoms. The number of nitrogens with zero attached hydrogens (tertiary/aromatic N) is 3. The number of amides is 1. The van der Waals surface area contributed by atoms with E-state index >= 15 is 0 Å². The van der Waals surface area contributed by atoms with E-state index in [2.05, 4.69) is 15.3 Å². The summed E-state index contributed by atoms with van der Waals surface area (Å²) >= 11 is 0. The molecule has 0 spiro atoms. The van der Waals surface area contributed by atoms with Crippen molar-refractivity contribution in [2.24, 2.45) is 0 Å². The Morgan fingerprint density at radius 3 is 2.96 bits per heavy atom. The molecule has 2 atom stereocenters. The summed E-state index contributed by atoms with van der Waals surface area (Å²) in [6.07, 6.45) is 3.98. The van der Waals surface area contributed by atoms with Crippen LogP contribution < -0.4 is 10.1 Å². The summed E-state index contributed by atoms with van der Waals surface area (Å²) in [5.41, 5.74) is 1.27. The van der Waals surface area contributed by atoms with Gasteiger partial charge in [-0.3, -0.25) is 9.69 Å². The number of rotatable bonds is 5. The van der Waals surface area contributed by atoms with Crippen molar-refractivity contribution in [3.63, 3.8) is 0 Å². The standard InChI is InChI=1S/C17H22N4O3/c1-20-10-13(7-14(20)11-22)19-17(23)12-8-18-21(9-12)15-5-3-4-6-16(15)24-2/h3-6,8-9,13-14,22H,7,10-11H2,1-2H3,(H,19,23)/t13-,14+/m1/s1. The van der Waals surface area contributed by atoms with Gasteiger partial charge in [-0.15, -0.1) is 0 Å². The van der Waals surface area contributed by atoms with Gasteiger partial charge in [0.2, 0.25) is 0 Å². The second kappa shape index (κ2) is 7.02. The Hall–Kier alpha value is -2.38. The van der Waals surface area contributed by atoms with Gasteiger partial charge in [0.05, 0.1) is 25.5 Å². The molecule has 0 unspecified atom stereocenters. The SMILES string of the molecule is COc1ccccc1-n1cc(C(=O)N[C@@H]2C[C@@H](CO)N(C)C2)cn1. The highest BCUT2D eigenvalue weighted by atomic mass is 16.5. The molecule has 0 radical (unpaired) electrons. The minimum Gasteiger partial charge on any atom is -0.494 e. The van der Waals surface area contributed by atoms with Gasteiger partial charge in [-0.25, -0.2) is 4.68 Å². The van der Waals surface area contributed by atoms with E-state index in [1.807, 2.05) is 31.3 Å². The molecule has 1 amide bonds. The van der Waals surface area contributed by atoms with E-state index in [0.717, 1.165) is 18.7 Å². The molecule has 128 valence electrons. The van der Waals surface area contributed by atoms with Crippen molar-refractivity contribution in [2.75, 3.05) is 27.3 Å². The number of benzene rings is 1. The number of carbonyl (C=O) groups excluding carboxylic acids is 1. The Morgan fingerprint density at radius 2 is 2.25 bits per heavy atom. The molecule has 1 fully saturated rings. The van der Waals surface area contributed by atoms with E-state index in [-0.39, 0.29) is 24.6 Å². The smallest absolute Gasteiger partial charge is 0.254 e. The highest BCUT2D eigenvalue weighted by Crippen LogP contribution is 2.22. The zero-order valence-electron chi connectivity index (χ0n) is 13.8. The van der Waals surface area contributed by atoms with Crippen molar-refractivity contribution in [1.29, 1.82) is 0 Å². The number of nitrogens with one attached hydrogen (secondary N) is 1. The van der Waals surface area contributed by atoms with E-state index in [4.69, 9.17) is 4.74 Å². The van der Waals surface area contributed by atoms with Crippen molar-refractivity contribution < 1.29 is 14.6 Å². The maximum absolute atomic E-state index is 12.4. The van der Waals surface area contributed by atoms with Crippen LogP contribution in [0.5, 0.6) is 5.75 Å². The number of ether oxygens (including phenoxy) is 1. The Labute approximate surface area is 140 Å². The number of likely N-dealkylation sites (tertiary alicyclic amines) is 1. The van der Waals surface area contributed by atoms with E-state index in [0.29, 0.717) is 11.3 Å². The number of hydrogen-bond donors (Lipinski definition) is 2. The van der Waals surface area contributed by atoms with Crippen LogP contribution in [0.3, 0.4) is 0 Å². The number of aliphatic hydroxyl groups excluding tert-OH is 1. The molecule has 0 aliphatic carbocycles. The molecule has 24 heavy (non-hydrogen) atoms. The second-order valence-corrected chi connectivity index (χ2v) is 6.03. The maximum atomic E-state index is 12.4. The molecule has 1 aliphatic heterocycles. The third-order valence-electron chi connectivity index (χ3n) is 4.41. The van der Waals surface area contributed by atoms with Crippen LogP contribution >= 0.6 is 0 Å². The van der Waals surface area contributed by atoms with Crippen molar-refractivity contribution in [3.8, 4) is 11.4 Å². The van der Waals surface area contributed by atoms with Crippen molar-refractivity contribution in [2.45, 2.75) is 18.5 Å². The van der Waals surface area contributed by atoms with Gasteiger partial charge in [-0.05, 0) is 25.6 Å². The van der Waals surface area contributed by atoms with Crippen LogP contribution in [0.4, 0.5) is 0 Å². The maximum Gasteiger partial charge on any atom is 0.254 e. The Bertz CT molecular complexity index is 715. The summed E-state index contributed by atoms with van der Waals surface area (Å²) in [5.74, 6) is 0.531. The number of likely N-dealkylation sites (N-methyl/N-ethyl adjacent to an activating group) is 1. The fourth-order valence-electron chi connectivity index (χ4n) is 3.06. The largest absolute Gasteiger partial charge is 0.494 e. The lowest BCUT2D eigenvalue weighted by Gasteiger charge is -2.15. The molecule has 1 aromatic carbocycles.